The van der Waals surface area contributed by atoms with E-state index in [2.05, 4.69) is 71.2 Å². The molecule has 0 aliphatic carbocycles. The van der Waals surface area contributed by atoms with E-state index in [1.807, 2.05) is 55.7 Å². The zero-order chi connectivity index (χ0) is 71.5. The molecule has 0 saturated heterocycles. The van der Waals surface area contributed by atoms with Gasteiger partial charge in [-0.3, -0.25) is 43.3 Å². The summed E-state index contributed by atoms with van der Waals surface area (Å²) < 4.78 is 43.2. The van der Waals surface area contributed by atoms with E-state index >= 15 is 4.39 Å². The highest BCUT2D eigenvalue weighted by Crippen LogP contribution is 2.41. The number of amides is 9. The fourth-order valence-electron chi connectivity index (χ4n) is 9.92. The Morgan fingerprint density at radius 3 is 1.97 bits per heavy atom. The summed E-state index contributed by atoms with van der Waals surface area (Å²) in [6.45, 7) is 24.3. The minimum Gasteiger partial charge on any atom is -0.480 e. The highest BCUT2D eigenvalue weighted by atomic mass is 32.2. The maximum absolute atomic E-state index is 15.5. The van der Waals surface area contributed by atoms with Crippen molar-refractivity contribution in [3.63, 3.8) is 0 Å². The van der Waals surface area contributed by atoms with Crippen molar-refractivity contribution >= 4 is 105 Å². The third kappa shape index (κ3) is 29.1. The first kappa shape index (κ1) is 81.1. The molecule has 2 heterocycles. The molecule has 5 atom stereocenters. The maximum atomic E-state index is 15.5. The number of aliphatic carboxylic acids is 1. The predicted molar refractivity (Wildman–Crippen MR) is 373 cm³/mol. The predicted octanol–water partition coefficient (Wildman–Crippen LogP) is 7.89. The van der Waals surface area contributed by atoms with Gasteiger partial charge in [0, 0.05) is 108 Å². The number of halogens is 2. The number of alkyl carbamates (subject to hydrolysis) is 1. The van der Waals surface area contributed by atoms with Crippen LogP contribution in [0.5, 0.6) is 0 Å². The first-order valence-corrected chi connectivity index (χ1v) is 42.2. The van der Waals surface area contributed by atoms with Crippen LogP contribution in [0, 0.1) is 23.0 Å². The van der Waals surface area contributed by atoms with Gasteiger partial charge in [-0.25, -0.2) is 23.2 Å². The Balaban J connectivity index is 1.39. The summed E-state index contributed by atoms with van der Waals surface area (Å²) in [6.07, 6.45) is 5.24. The van der Waals surface area contributed by atoms with Crippen molar-refractivity contribution in [3.8, 4) is 11.1 Å². The SMILES string of the molecule is CC(C)[C@H](NC(=O)CCCCCN1C(=O)C=CC1=O)C(=O)N[C@@H](C)C(=O)N[C@@H](CSCC(=O)NC[C@@H](NC(=O)CCSCC(=O)N(CCCNC(=O)OCC[Si](C)(C)C)[C@@H](c1cc(-c2cc(F)ccc2F)cn1Cc1ccccc1)C(C)(C)C)C(=O)OCC[Si](C)(C)C)C(=O)O. The summed E-state index contributed by atoms with van der Waals surface area (Å²) in [5, 5.41) is 25.6. The molecule has 0 bridgehead atoms. The summed E-state index contributed by atoms with van der Waals surface area (Å²) in [7, 11) is -3.16. The van der Waals surface area contributed by atoms with Crippen LogP contribution in [0.1, 0.15) is 97.4 Å². The number of carbonyl (C=O) groups is 11. The van der Waals surface area contributed by atoms with Gasteiger partial charge in [0.15, 0.2) is 0 Å². The monoisotopic (exact) mass is 1410 g/mol. The number of hydrogen-bond acceptors (Lipinski definition) is 15. The Kier molecular flexibility index (Phi) is 33.0. The van der Waals surface area contributed by atoms with Gasteiger partial charge in [-0.15, -0.1) is 11.8 Å². The molecule has 1 aromatic heterocycles. The van der Waals surface area contributed by atoms with E-state index < -0.39 is 123 Å². The second-order valence-corrected chi connectivity index (χ2v) is 41.0. The lowest BCUT2D eigenvalue weighted by molar-refractivity contribution is -0.147. The molecular formula is C67H99F2N9O14S2Si2. The van der Waals surface area contributed by atoms with Crippen molar-refractivity contribution in [1.82, 2.24) is 46.3 Å². The molecule has 2 aromatic carbocycles. The number of nitrogens with zero attached hydrogens (tertiary/aromatic N) is 3. The van der Waals surface area contributed by atoms with E-state index in [1.165, 1.54) is 30.8 Å². The fraction of sp³-hybridized carbons (Fsp3) is 0.567. The van der Waals surface area contributed by atoms with Crippen LogP contribution in [-0.2, 0) is 64.0 Å². The van der Waals surface area contributed by atoms with Crippen molar-refractivity contribution in [2.24, 2.45) is 11.3 Å². The van der Waals surface area contributed by atoms with Gasteiger partial charge in [0.05, 0.1) is 30.8 Å². The molecule has 0 saturated carbocycles. The molecular weight excluding hydrogens is 1310 g/mol. The number of rotatable bonds is 41. The van der Waals surface area contributed by atoms with Crippen LogP contribution in [0.15, 0.2) is 72.9 Å². The second kappa shape index (κ2) is 39.1. The molecule has 1 aliphatic rings. The molecule has 23 nitrogen and oxygen atoms in total. The third-order valence-corrected chi connectivity index (χ3v) is 20.7. The van der Waals surface area contributed by atoms with Gasteiger partial charge in [0.2, 0.25) is 35.4 Å². The average molecular weight is 1410 g/mol. The number of imide groups is 1. The van der Waals surface area contributed by atoms with Crippen molar-refractivity contribution in [2.45, 2.75) is 168 Å². The van der Waals surface area contributed by atoms with Crippen molar-refractivity contribution < 1.29 is 76.1 Å². The normalized spacial score (nSPS) is 14.1. The summed E-state index contributed by atoms with van der Waals surface area (Å²) in [5.41, 5.74) is 1.34. The molecule has 3 aromatic rings. The summed E-state index contributed by atoms with van der Waals surface area (Å²) in [6, 6.07) is 10.2. The third-order valence-electron chi connectivity index (χ3n) is 15.3. The largest absolute Gasteiger partial charge is 0.480 e. The Hall–Kier alpha value is -7.38. The second-order valence-electron chi connectivity index (χ2n) is 27.6. The summed E-state index contributed by atoms with van der Waals surface area (Å²) >= 11 is 2.03. The van der Waals surface area contributed by atoms with Crippen molar-refractivity contribution in [2.75, 3.05) is 62.4 Å². The van der Waals surface area contributed by atoms with E-state index in [0.717, 1.165) is 46.5 Å². The van der Waals surface area contributed by atoms with E-state index in [9.17, 15) is 62.2 Å². The van der Waals surface area contributed by atoms with E-state index in [4.69, 9.17) is 9.47 Å². The molecule has 0 spiro atoms. The highest BCUT2D eigenvalue weighted by molar-refractivity contribution is 8.00. The molecule has 0 fully saturated rings. The first-order valence-electron chi connectivity index (χ1n) is 32.5. The van der Waals surface area contributed by atoms with Crippen LogP contribution in [0.25, 0.3) is 11.1 Å². The number of thioether (sulfide) groups is 2. The molecule has 7 N–H and O–H groups in total. The van der Waals surface area contributed by atoms with E-state index in [1.54, 1.807) is 31.0 Å². The highest BCUT2D eigenvalue weighted by Gasteiger charge is 2.38. The molecule has 9 amide bonds. The van der Waals surface area contributed by atoms with Gasteiger partial charge in [-0.1, -0.05) is 111 Å². The van der Waals surface area contributed by atoms with Crippen LogP contribution < -0.4 is 31.9 Å². The topological polar surface area (TPSA) is 310 Å². The number of carbonyl (C=O) groups excluding carboxylic acids is 10. The van der Waals surface area contributed by atoms with Gasteiger partial charge in [-0.2, -0.15) is 11.8 Å². The Labute approximate surface area is 573 Å². The van der Waals surface area contributed by atoms with Crippen molar-refractivity contribution in [3.05, 3.63) is 95.8 Å². The van der Waals surface area contributed by atoms with Gasteiger partial charge in [0.1, 0.15) is 35.8 Å². The lowest BCUT2D eigenvalue weighted by atomic mass is 9.83. The number of carboxylic acids is 1. The van der Waals surface area contributed by atoms with Gasteiger partial charge >= 0.3 is 18.0 Å². The van der Waals surface area contributed by atoms with Gasteiger partial charge < -0.3 is 55.9 Å². The minimum absolute atomic E-state index is 0.0455. The number of aromatic nitrogens is 1. The standard InChI is InChI=1S/C67H99F2N9O14S2Si2/c1-44(2)60(75-54(79)22-17-14-18-29-77-57(82)25-26-58(77)83)63(86)72-45(3)62(85)74-52(64(87)88)41-94-42-56(81)71-38-51(65(89)91-31-34-95(7,8)9)73-55(80)27-33-93-43-59(84)78(30-19-28-70-66(90)92-32-35-96(10,11)12)61(67(4,5)6)53-36-47(49-37-48(68)23-24-50(49)69)40-76(53)39-46-20-15-13-16-21-46/h13,15-16,20-21,23-26,36-37,40,44-45,51-52,60-61H,14,17-19,22,27-35,38-39,41-43H2,1-12H3,(H,70,90)(H,71,81)(H,72,86)(H,73,80)(H,74,85)(H,75,79)(H,87,88)/t45-,51+,52-,60-,61-/m0/s1. The van der Waals surface area contributed by atoms with Crippen LogP contribution >= 0.6 is 23.5 Å². The molecule has 96 heavy (non-hydrogen) atoms. The number of ether oxygens (including phenoxy) is 2. The van der Waals surface area contributed by atoms with E-state index in [0.29, 0.717) is 49.5 Å². The van der Waals surface area contributed by atoms with E-state index in [-0.39, 0.29) is 92.0 Å². The smallest absolute Gasteiger partial charge is 0.407 e. The molecule has 0 unspecified atom stereocenters. The molecule has 4 rings (SSSR count). The fourth-order valence-corrected chi connectivity index (χ4v) is 13.0. The average Bonchev–Trinajstić information content (AvgIpc) is 1.58. The number of hydrogen-bond donors (Lipinski definition) is 7. The van der Waals surface area contributed by atoms with Gasteiger partial charge in [-0.05, 0) is 79.4 Å². The van der Waals surface area contributed by atoms with Crippen LogP contribution in [0.2, 0.25) is 51.4 Å². The minimum atomic E-state index is -1.68. The Morgan fingerprint density at radius 1 is 0.698 bits per heavy atom. The first-order chi connectivity index (χ1) is 45.0. The quantitative estimate of drug-likeness (QED) is 0.0123. The molecule has 29 heteroatoms. The lowest BCUT2D eigenvalue weighted by Gasteiger charge is -2.41. The summed E-state index contributed by atoms with van der Waals surface area (Å²) in [5.74, 6) is -8.73. The summed E-state index contributed by atoms with van der Waals surface area (Å²) in [4.78, 5) is 146. The number of esters is 1. The number of carboxylic acid groups (broad SMARTS) is 1. The zero-order valence-corrected chi connectivity index (χ0v) is 61.1. The van der Waals surface area contributed by atoms with Crippen LogP contribution in [0.3, 0.4) is 0 Å². The number of nitrogens with one attached hydrogen (secondary N) is 6. The Morgan fingerprint density at radius 2 is 1.34 bits per heavy atom. The number of unbranched alkanes of at least 4 members (excludes halogenated alkanes) is 2. The maximum Gasteiger partial charge on any atom is 0.407 e. The molecule has 1 aliphatic heterocycles. The van der Waals surface area contributed by atoms with Crippen LogP contribution in [-0.4, -0.2) is 187 Å². The molecule has 530 valence electrons. The zero-order valence-electron chi connectivity index (χ0n) is 57.5. The number of benzene rings is 2. The Bertz CT molecular complexity index is 3180. The molecule has 0 radical (unpaired) electrons. The van der Waals surface area contributed by atoms with Gasteiger partial charge in [0.25, 0.3) is 11.8 Å². The van der Waals surface area contributed by atoms with Crippen molar-refractivity contribution in [1.29, 1.82) is 0 Å². The lowest BCUT2D eigenvalue weighted by Crippen LogP contribution is -2.56. The van der Waals surface area contributed by atoms with Crippen LogP contribution in [0.4, 0.5) is 13.6 Å².